The summed E-state index contributed by atoms with van der Waals surface area (Å²) in [5.74, 6) is -2.32. The van der Waals surface area contributed by atoms with Crippen LogP contribution < -0.4 is 15.4 Å². The molecule has 1 aliphatic rings. The zero-order valence-corrected chi connectivity index (χ0v) is 19.8. The monoisotopic (exact) mass is 488 g/mol. The average Bonchev–Trinajstić information content (AvgIpc) is 2.79. The first-order valence-corrected chi connectivity index (χ1v) is 11.6. The molecule has 0 bridgehead atoms. The number of ether oxygens (including phenoxy) is 1. The minimum Gasteiger partial charge on any atom is -0.495 e. The molecule has 0 radical (unpaired) electrons. The topological polar surface area (TPSA) is 105 Å². The van der Waals surface area contributed by atoms with Crippen LogP contribution in [0.15, 0.2) is 59.5 Å². The maximum absolute atomic E-state index is 12.7. The molecule has 9 heteroatoms. The number of halogens is 1. The molecule has 1 aliphatic carbocycles. The summed E-state index contributed by atoms with van der Waals surface area (Å²) in [5.41, 5.74) is 1.12. The van der Waals surface area contributed by atoms with Crippen LogP contribution in [0.1, 0.15) is 19.8 Å². The first kappa shape index (κ1) is 24.7. The molecule has 2 amide bonds. The van der Waals surface area contributed by atoms with Crippen molar-refractivity contribution in [2.24, 2.45) is 11.8 Å². The Balaban J connectivity index is 1.61. The lowest BCUT2D eigenvalue weighted by molar-refractivity contribution is -0.146. The molecule has 0 aliphatic heterocycles. The van der Waals surface area contributed by atoms with Gasteiger partial charge in [-0.25, -0.2) is 0 Å². The molecule has 0 heterocycles. The molecule has 33 heavy (non-hydrogen) atoms. The average molecular weight is 489 g/mol. The number of methoxy groups -OCH3 is 1. The Bertz CT molecular complexity index is 1070. The number of anilines is 2. The molecule has 0 aromatic heterocycles. The second kappa shape index (κ2) is 11.2. The van der Waals surface area contributed by atoms with Gasteiger partial charge in [0.05, 0.1) is 29.2 Å². The Morgan fingerprint density at radius 1 is 1.06 bits per heavy atom. The van der Waals surface area contributed by atoms with Crippen LogP contribution in [0, 0.1) is 11.8 Å². The second-order valence-electron chi connectivity index (χ2n) is 7.61. The quantitative estimate of drug-likeness (QED) is 0.354. The highest BCUT2D eigenvalue weighted by molar-refractivity contribution is 8.00. The lowest BCUT2D eigenvalue weighted by atomic mass is 9.82. The van der Waals surface area contributed by atoms with Gasteiger partial charge in [0.15, 0.2) is 0 Å². The fourth-order valence-electron chi connectivity index (χ4n) is 3.50. The summed E-state index contributed by atoms with van der Waals surface area (Å²) in [4.78, 5) is 37.6. The lowest BCUT2D eigenvalue weighted by Crippen LogP contribution is -2.34. The van der Waals surface area contributed by atoms with Gasteiger partial charge in [-0.15, -0.1) is 11.8 Å². The van der Waals surface area contributed by atoms with Gasteiger partial charge in [0.25, 0.3) is 0 Å². The molecule has 3 rings (SSSR count). The van der Waals surface area contributed by atoms with Crippen LogP contribution in [0.5, 0.6) is 5.75 Å². The van der Waals surface area contributed by atoms with Crippen molar-refractivity contribution in [1.82, 2.24) is 0 Å². The van der Waals surface area contributed by atoms with Gasteiger partial charge in [-0.3, -0.25) is 14.4 Å². The third-order valence-electron chi connectivity index (χ3n) is 5.29. The number of benzene rings is 2. The summed E-state index contributed by atoms with van der Waals surface area (Å²) in [6.45, 7) is 1.78. The smallest absolute Gasteiger partial charge is 0.307 e. The van der Waals surface area contributed by atoms with Gasteiger partial charge in [0.1, 0.15) is 5.75 Å². The summed E-state index contributed by atoms with van der Waals surface area (Å²) < 4.78 is 5.12. The normalized spacial score (nSPS) is 18.3. The number of hydrogen-bond donors (Lipinski definition) is 3. The van der Waals surface area contributed by atoms with Gasteiger partial charge in [-0.2, -0.15) is 0 Å². The zero-order chi connectivity index (χ0) is 24.0. The highest BCUT2D eigenvalue weighted by Crippen LogP contribution is 2.31. The van der Waals surface area contributed by atoms with Gasteiger partial charge >= 0.3 is 5.97 Å². The minimum absolute atomic E-state index is 0.200. The molecule has 0 fully saturated rings. The van der Waals surface area contributed by atoms with Crippen molar-refractivity contribution in [1.29, 1.82) is 0 Å². The molecule has 0 saturated carbocycles. The standard InChI is InChI=1S/C24H25ClN2O5S/c1-14(22(28)26-16-10-11-21(32-2)20(25)13-16)33-17-7-5-6-15(12-17)27-23(29)18-8-3-4-9-19(18)24(30)31/h3-7,10-14,18-19H,8-9H2,1-2H3,(H,26,28)(H,27,29)(H,30,31). The predicted octanol–water partition coefficient (Wildman–Crippen LogP) is 5.07. The van der Waals surface area contributed by atoms with E-state index in [1.165, 1.54) is 18.9 Å². The van der Waals surface area contributed by atoms with Crippen LogP contribution in [0.2, 0.25) is 5.02 Å². The number of hydrogen-bond acceptors (Lipinski definition) is 5. The minimum atomic E-state index is -0.971. The third-order valence-corrected chi connectivity index (χ3v) is 6.68. The molecule has 3 unspecified atom stereocenters. The number of carboxylic acid groups (broad SMARTS) is 1. The molecule has 7 nitrogen and oxygen atoms in total. The van der Waals surface area contributed by atoms with Crippen molar-refractivity contribution < 1.29 is 24.2 Å². The molecular weight excluding hydrogens is 464 g/mol. The second-order valence-corrected chi connectivity index (χ2v) is 9.43. The van der Waals surface area contributed by atoms with Crippen LogP contribution in [0.4, 0.5) is 11.4 Å². The molecule has 174 valence electrons. The first-order valence-electron chi connectivity index (χ1n) is 10.4. The van der Waals surface area contributed by atoms with E-state index in [1.807, 2.05) is 12.1 Å². The molecule has 0 spiro atoms. The molecule has 0 saturated heterocycles. The maximum Gasteiger partial charge on any atom is 0.307 e. The lowest BCUT2D eigenvalue weighted by Gasteiger charge is -2.24. The Hall–Kier alpha value is -2.97. The summed E-state index contributed by atoms with van der Waals surface area (Å²) in [6, 6.07) is 12.1. The van der Waals surface area contributed by atoms with Gasteiger partial charge < -0.3 is 20.5 Å². The number of carboxylic acids is 1. The van der Waals surface area contributed by atoms with E-state index in [0.29, 0.717) is 35.0 Å². The molecular formula is C24H25ClN2O5S. The summed E-state index contributed by atoms with van der Waals surface area (Å²) in [5, 5.41) is 15.0. The van der Waals surface area contributed by atoms with Gasteiger partial charge in [0, 0.05) is 16.3 Å². The maximum atomic E-state index is 12.7. The van der Waals surface area contributed by atoms with Crippen LogP contribution in [-0.2, 0) is 14.4 Å². The fraction of sp³-hybridized carbons (Fsp3) is 0.292. The number of carbonyl (C=O) groups is 3. The van der Waals surface area contributed by atoms with E-state index in [4.69, 9.17) is 16.3 Å². The van der Waals surface area contributed by atoms with Crippen molar-refractivity contribution in [3.63, 3.8) is 0 Å². The zero-order valence-electron chi connectivity index (χ0n) is 18.2. The summed E-state index contributed by atoms with van der Waals surface area (Å²) in [6.07, 6.45) is 4.37. The van der Waals surface area contributed by atoms with Crippen LogP contribution in [0.25, 0.3) is 0 Å². The number of carbonyl (C=O) groups excluding carboxylic acids is 2. The number of rotatable bonds is 8. The van der Waals surface area contributed by atoms with E-state index in [2.05, 4.69) is 10.6 Å². The van der Waals surface area contributed by atoms with Gasteiger partial charge in [0.2, 0.25) is 11.8 Å². The summed E-state index contributed by atoms with van der Waals surface area (Å²) in [7, 11) is 1.52. The van der Waals surface area contributed by atoms with Gasteiger partial charge in [-0.1, -0.05) is 29.8 Å². The third kappa shape index (κ3) is 6.52. The Morgan fingerprint density at radius 2 is 1.76 bits per heavy atom. The molecule has 2 aromatic carbocycles. The number of nitrogens with one attached hydrogen (secondary N) is 2. The Morgan fingerprint density at radius 3 is 2.42 bits per heavy atom. The number of thioether (sulfide) groups is 1. The van der Waals surface area contributed by atoms with E-state index in [-0.39, 0.29) is 11.8 Å². The van der Waals surface area contributed by atoms with Crippen molar-refractivity contribution >= 4 is 52.5 Å². The van der Waals surface area contributed by atoms with E-state index in [0.717, 1.165) is 4.90 Å². The largest absolute Gasteiger partial charge is 0.495 e. The van der Waals surface area contributed by atoms with Crippen molar-refractivity contribution in [3.8, 4) is 5.75 Å². The van der Waals surface area contributed by atoms with Crippen LogP contribution >= 0.6 is 23.4 Å². The van der Waals surface area contributed by atoms with Crippen molar-refractivity contribution in [2.45, 2.75) is 29.9 Å². The van der Waals surface area contributed by atoms with Crippen LogP contribution in [-0.4, -0.2) is 35.2 Å². The van der Waals surface area contributed by atoms with Crippen molar-refractivity contribution in [3.05, 3.63) is 59.6 Å². The molecule has 3 N–H and O–H groups in total. The summed E-state index contributed by atoms with van der Waals surface area (Å²) >= 11 is 7.45. The fourth-order valence-corrected chi connectivity index (χ4v) is 4.69. The Kier molecular flexibility index (Phi) is 8.41. The Labute approximate surface area is 201 Å². The van der Waals surface area contributed by atoms with E-state index < -0.39 is 23.1 Å². The molecule has 2 aromatic rings. The predicted molar refractivity (Wildman–Crippen MR) is 130 cm³/mol. The molecule has 3 atom stereocenters. The van der Waals surface area contributed by atoms with E-state index in [9.17, 15) is 19.5 Å². The van der Waals surface area contributed by atoms with Gasteiger partial charge in [-0.05, 0) is 56.2 Å². The number of allylic oxidation sites excluding steroid dienone is 2. The highest BCUT2D eigenvalue weighted by atomic mass is 35.5. The van der Waals surface area contributed by atoms with Crippen LogP contribution in [0.3, 0.4) is 0 Å². The van der Waals surface area contributed by atoms with E-state index >= 15 is 0 Å². The SMILES string of the molecule is COc1ccc(NC(=O)C(C)Sc2cccc(NC(=O)C3CC=CCC3C(=O)O)c2)cc1Cl. The van der Waals surface area contributed by atoms with E-state index in [1.54, 1.807) is 49.4 Å². The number of amides is 2. The number of aliphatic carboxylic acids is 1. The first-order chi connectivity index (χ1) is 15.8. The highest BCUT2D eigenvalue weighted by Gasteiger charge is 2.34. The van der Waals surface area contributed by atoms with Crippen molar-refractivity contribution in [2.75, 3.05) is 17.7 Å².